The lowest BCUT2D eigenvalue weighted by Crippen LogP contribution is -2.31. The first-order valence-corrected chi connectivity index (χ1v) is 6.23. The zero-order chi connectivity index (χ0) is 14.7. The minimum Gasteiger partial charge on any atom is -0.360 e. The van der Waals surface area contributed by atoms with Gasteiger partial charge in [0.2, 0.25) is 0 Å². The van der Waals surface area contributed by atoms with Crippen molar-refractivity contribution in [3.8, 4) is 0 Å². The van der Waals surface area contributed by atoms with Gasteiger partial charge in [-0.25, -0.2) is 9.18 Å². The highest BCUT2D eigenvalue weighted by Gasteiger charge is 2.15. The van der Waals surface area contributed by atoms with E-state index in [1.807, 2.05) is 0 Å². The fraction of sp³-hybridized carbons (Fsp3) is 0.231. The molecule has 0 aliphatic heterocycles. The number of nitrogens with zero attached hydrogens (tertiary/aromatic N) is 2. The maximum Gasteiger partial charge on any atom is 0.323 e. The van der Waals surface area contributed by atoms with Gasteiger partial charge in [0.15, 0.2) is 5.82 Å². The Hall–Kier alpha value is -2.08. The lowest BCUT2D eigenvalue weighted by atomic mass is 10.2. The number of hydrogen-bond donors (Lipinski definition) is 1. The molecular formula is C13H13ClFN3O2. The van der Waals surface area contributed by atoms with Crippen LogP contribution in [0, 0.1) is 12.7 Å². The second-order valence-corrected chi connectivity index (χ2v) is 4.72. The summed E-state index contributed by atoms with van der Waals surface area (Å²) in [6, 6.07) is 5.54. The molecule has 5 nitrogen and oxygen atoms in total. The summed E-state index contributed by atoms with van der Waals surface area (Å²) in [6.45, 7) is 1.76. The summed E-state index contributed by atoms with van der Waals surface area (Å²) in [5.74, 6) is 0.438. The van der Waals surface area contributed by atoms with Crippen LogP contribution >= 0.6 is 11.6 Å². The average molecular weight is 298 g/mol. The molecule has 7 heteroatoms. The zero-order valence-corrected chi connectivity index (χ0v) is 11.7. The number of urea groups is 1. The van der Waals surface area contributed by atoms with E-state index in [1.165, 1.54) is 24.1 Å². The Bertz CT molecular complexity index is 610. The molecule has 0 radical (unpaired) electrons. The maximum absolute atomic E-state index is 13.6. The third-order valence-electron chi connectivity index (χ3n) is 2.67. The number of hydrogen-bond acceptors (Lipinski definition) is 3. The second-order valence-electron chi connectivity index (χ2n) is 4.31. The van der Waals surface area contributed by atoms with Gasteiger partial charge in [-0.3, -0.25) is 5.32 Å². The van der Waals surface area contributed by atoms with Gasteiger partial charge in [-0.1, -0.05) is 22.8 Å². The molecule has 1 heterocycles. The molecule has 0 spiro atoms. The number of halogens is 2. The highest BCUT2D eigenvalue weighted by Crippen LogP contribution is 2.20. The quantitative estimate of drug-likeness (QED) is 0.944. The standard InChI is InChI=1S/C13H13ClFN3O2/c1-8-6-12(17-20-8)16-13(19)18(2)7-9-10(14)4-3-5-11(9)15/h3-6H,7H2,1-2H3,(H,16,17,19). The first-order chi connectivity index (χ1) is 9.47. The molecule has 1 N–H and O–H groups in total. The SMILES string of the molecule is Cc1cc(NC(=O)N(C)Cc2c(F)cccc2Cl)no1. The van der Waals surface area contributed by atoms with Crippen LogP contribution in [-0.4, -0.2) is 23.1 Å². The lowest BCUT2D eigenvalue weighted by Gasteiger charge is -2.18. The van der Waals surface area contributed by atoms with E-state index in [0.29, 0.717) is 11.6 Å². The summed E-state index contributed by atoms with van der Waals surface area (Å²) in [5.41, 5.74) is 0.267. The van der Waals surface area contributed by atoms with E-state index in [1.54, 1.807) is 19.1 Å². The van der Waals surface area contributed by atoms with Crippen molar-refractivity contribution in [2.45, 2.75) is 13.5 Å². The van der Waals surface area contributed by atoms with Gasteiger partial charge in [-0.2, -0.15) is 0 Å². The smallest absolute Gasteiger partial charge is 0.323 e. The Balaban J connectivity index is 2.04. The van der Waals surface area contributed by atoms with Gasteiger partial charge >= 0.3 is 6.03 Å². The van der Waals surface area contributed by atoms with Crippen molar-refractivity contribution in [1.29, 1.82) is 0 Å². The Morgan fingerprint density at radius 3 is 2.90 bits per heavy atom. The molecule has 0 unspecified atom stereocenters. The van der Waals surface area contributed by atoms with Crippen LogP contribution in [0.3, 0.4) is 0 Å². The van der Waals surface area contributed by atoms with E-state index in [-0.39, 0.29) is 17.1 Å². The molecule has 2 rings (SSSR count). The maximum atomic E-state index is 13.6. The molecule has 0 bridgehead atoms. The summed E-state index contributed by atoms with van der Waals surface area (Å²) in [6.07, 6.45) is 0. The summed E-state index contributed by atoms with van der Waals surface area (Å²) < 4.78 is 18.5. The molecule has 0 aliphatic rings. The van der Waals surface area contributed by atoms with E-state index in [2.05, 4.69) is 10.5 Å². The summed E-state index contributed by atoms with van der Waals surface area (Å²) in [7, 11) is 1.53. The fourth-order valence-electron chi connectivity index (χ4n) is 1.62. The van der Waals surface area contributed by atoms with Crippen LogP contribution in [0.15, 0.2) is 28.8 Å². The Morgan fingerprint density at radius 1 is 1.55 bits per heavy atom. The third-order valence-corrected chi connectivity index (χ3v) is 3.02. The highest BCUT2D eigenvalue weighted by molar-refractivity contribution is 6.31. The molecule has 0 aliphatic carbocycles. The van der Waals surface area contributed by atoms with Gasteiger partial charge in [0.25, 0.3) is 0 Å². The van der Waals surface area contributed by atoms with Crippen molar-refractivity contribution in [2.24, 2.45) is 0 Å². The minimum absolute atomic E-state index is 0.0498. The van der Waals surface area contributed by atoms with Crippen LogP contribution in [0.25, 0.3) is 0 Å². The van der Waals surface area contributed by atoms with E-state index < -0.39 is 11.8 Å². The van der Waals surface area contributed by atoms with Crippen molar-refractivity contribution in [3.63, 3.8) is 0 Å². The van der Waals surface area contributed by atoms with Gasteiger partial charge in [-0.15, -0.1) is 0 Å². The van der Waals surface area contributed by atoms with Crippen molar-refractivity contribution < 1.29 is 13.7 Å². The Labute approximate surface area is 120 Å². The van der Waals surface area contributed by atoms with Crippen molar-refractivity contribution in [2.75, 3.05) is 12.4 Å². The van der Waals surface area contributed by atoms with E-state index >= 15 is 0 Å². The molecule has 0 saturated carbocycles. The Kier molecular flexibility index (Phi) is 4.24. The molecule has 0 atom stereocenters. The minimum atomic E-state index is -0.450. The number of benzene rings is 1. The Morgan fingerprint density at radius 2 is 2.30 bits per heavy atom. The number of rotatable bonds is 3. The molecule has 1 aromatic carbocycles. The van der Waals surface area contributed by atoms with Gasteiger partial charge in [0.05, 0.1) is 6.54 Å². The molecule has 0 saturated heterocycles. The topological polar surface area (TPSA) is 58.4 Å². The molecule has 2 aromatic rings. The third kappa shape index (κ3) is 3.27. The number of aromatic nitrogens is 1. The highest BCUT2D eigenvalue weighted by atomic mass is 35.5. The van der Waals surface area contributed by atoms with Crippen molar-refractivity contribution in [1.82, 2.24) is 10.1 Å². The van der Waals surface area contributed by atoms with Crippen LogP contribution in [-0.2, 0) is 6.54 Å². The van der Waals surface area contributed by atoms with E-state index in [4.69, 9.17) is 16.1 Å². The molecule has 0 fully saturated rings. The van der Waals surface area contributed by atoms with Gasteiger partial charge in [0, 0.05) is 23.7 Å². The summed E-state index contributed by atoms with van der Waals surface area (Å²) in [5, 5.41) is 6.46. The molecule has 106 valence electrons. The van der Waals surface area contributed by atoms with E-state index in [9.17, 15) is 9.18 Å². The average Bonchev–Trinajstić information content (AvgIpc) is 2.79. The van der Waals surface area contributed by atoms with Gasteiger partial charge < -0.3 is 9.42 Å². The molecular weight excluding hydrogens is 285 g/mol. The predicted molar refractivity (Wildman–Crippen MR) is 73.1 cm³/mol. The largest absolute Gasteiger partial charge is 0.360 e. The number of amides is 2. The number of carbonyl (C=O) groups is 1. The molecule has 2 amide bonds. The van der Waals surface area contributed by atoms with Crippen LogP contribution in [0.1, 0.15) is 11.3 Å². The monoisotopic (exact) mass is 297 g/mol. The van der Waals surface area contributed by atoms with Crippen LogP contribution in [0.2, 0.25) is 5.02 Å². The zero-order valence-electron chi connectivity index (χ0n) is 11.0. The van der Waals surface area contributed by atoms with Gasteiger partial charge in [0.1, 0.15) is 11.6 Å². The number of anilines is 1. The molecule has 1 aromatic heterocycles. The van der Waals surface area contributed by atoms with E-state index in [0.717, 1.165) is 0 Å². The number of aryl methyl sites for hydroxylation is 1. The first-order valence-electron chi connectivity index (χ1n) is 5.85. The van der Waals surface area contributed by atoms with Crippen molar-refractivity contribution >= 4 is 23.4 Å². The predicted octanol–water partition coefficient (Wildman–Crippen LogP) is 3.44. The molecule has 20 heavy (non-hydrogen) atoms. The van der Waals surface area contributed by atoms with Gasteiger partial charge in [-0.05, 0) is 19.1 Å². The number of carbonyl (C=O) groups excluding carboxylic acids is 1. The lowest BCUT2D eigenvalue weighted by molar-refractivity contribution is 0.220. The second kappa shape index (κ2) is 5.92. The van der Waals surface area contributed by atoms with Crippen LogP contribution in [0.4, 0.5) is 15.0 Å². The normalized spacial score (nSPS) is 10.4. The number of nitrogens with one attached hydrogen (secondary N) is 1. The fourth-order valence-corrected chi connectivity index (χ4v) is 1.85. The van der Waals surface area contributed by atoms with Crippen molar-refractivity contribution in [3.05, 3.63) is 46.4 Å². The summed E-state index contributed by atoms with van der Waals surface area (Å²) >= 11 is 5.92. The first kappa shape index (κ1) is 14.3. The summed E-state index contributed by atoms with van der Waals surface area (Å²) in [4.78, 5) is 13.2. The van der Waals surface area contributed by atoms with Crippen LogP contribution < -0.4 is 5.32 Å². The van der Waals surface area contributed by atoms with Crippen LogP contribution in [0.5, 0.6) is 0 Å².